The van der Waals surface area contributed by atoms with Crippen LogP contribution in [-0.2, 0) is 14.8 Å². The fourth-order valence-electron chi connectivity index (χ4n) is 1.58. The van der Waals surface area contributed by atoms with Crippen LogP contribution >= 0.6 is 0 Å². The van der Waals surface area contributed by atoms with Crippen molar-refractivity contribution in [2.24, 2.45) is 4.99 Å². The van der Waals surface area contributed by atoms with E-state index in [0.29, 0.717) is 10.6 Å². The summed E-state index contributed by atoms with van der Waals surface area (Å²) in [5, 5.41) is 1.06. The molecule has 5 nitrogen and oxygen atoms in total. The summed E-state index contributed by atoms with van der Waals surface area (Å²) in [6.45, 7) is 3.49. The molecule has 0 saturated heterocycles. The number of nitrogens with zero attached hydrogens (tertiary/aromatic N) is 1. The normalized spacial score (nSPS) is 14.4. The molecule has 1 aliphatic heterocycles. The number of rotatable bonds is 3. The number of amides is 1. The minimum Gasteiger partial charge on any atom is -0.267 e. The van der Waals surface area contributed by atoms with Crippen molar-refractivity contribution in [1.29, 1.82) is 0 Å². The van der Waals surface area contributed by atoms with Crippen LogP contribution in [0.15, 0.2) is 28.1 Å². The van der Waals surface area contributed by atoms with Gasteiger partial charge in [0, 0.05) is 17.3 Å². The van der Waals surface area contributed by atoms with E-state index in [1.807, 2.05) is 0 Å². The smallest absolute Gasteiger partial charge is 0.267 e. The van der Waals surface area contributed by atoms with Gasteiger partial charge in [0.15, 0.2) is 0 Å². The van der Waals surface area contributed by atoms with Crippen molar-refractivity contribution in [3.63, 3.8) is 0 Å². The van der Waals surface area contributed by atoms with Crippen LogP contribution in [0.1, 0.15) is 13.8 Å². The summed E-state index contributed by atoms with van der Waals surface area (Å²) in [5.41, 5.74) is 0. The van der Waals surface area contributed by atoms with E-state index in [9.17, 15) is 13.2 Å². The maximum atomic E-state index is 11.9. The summed E-state index contributed by atoms with van der Waals surface area (Å²) in [6.07, 6.45) is 1.32. The standard InChI is InChI=1S/C11H12N2O3S/c1-7(2)13-17(15,16)9-3-4-10-8(5-9)6-11(14)12-10/h3-7,13H,1-2H3. The first kappa shape index (κ1) is 11.9. The average molecular weight is 252 g/mol. The monoisotopic (exact) mass is 252 g/mol. The van der Waals surface area contributed by atoms with E-state index in [1.165, 1.54) is 24.3 Å². The third kappa shape index (κ3) is 2.42. The summed E-state index contributed by atoms with van der Waals surface area (Å²) in [7, 11) is -3.52. The Morgan fingerprint density at radius 2 is 2.00 bits per heavy atom. The molecule has 0 radical (unpaired) electrons. The van der Waals surface area contributed by atoms with Crippen LogP contribution in [0.2, 0.25) is 0 Å². The van der Waals surface area contributed by atoms with Gasteiger partial charge in [0.2, 0.25) is 10.0 Å². The molecule has 0 unspecified atom stereocenters. The number of carbonyl (C=O) groups excluding carboxylic acids is 1. The van der Waals surface area contributed by atoms with Crippen molar-refractivity contribution >= 4 is 22.0 Å². The Bertz CT molecular complexity index is 690. The zero-order valence-electron chi connectivity index (χ0n) is 9.47. The van der Waals surface area contributed by atoms with Gasteiger partial charge in [-0.05, 0) is 32.0 Å². The molecule has 17 heavy (non-hydrogen) atoms. The van der Waals surface area contributed by atoms with Gasteiger partial charge in [0.1, 0.15) is 0 Å². The van der Waals surface area contributed by atoms with Crippen LogP contribution in [0, 0.1) is 0 Å². The van der Waals surface area contributed by atoms with Crippen molar-refractivity contribution in [2.45, 2.75) is 24.8 Å². The molecule has 6 heteroatoms. The summed E-state index contributed by atoms with van der Waals surface area (Å²) >= 11 is 0. The van der Waals surface area contributed by atoms with E-state index in [0.717, 1.165) is 0 Å². The lowest BCUT2D eigenvalue weighted by Gasteiger charge is -2.08. The van der Waals surface area contributed by atoms with Crippen molar-refractivity contribution < 1.29 is 13.2 Å². The Kier molecular flexibility index (Phi) is 2.84. The van der Waals surface area contributed by atoms with E-state index in [2.05, 4.69) is 9.71 Å². The van der Waals surface area contributed by atoms with Gasteiger partial charge >= 0.3 is 0 Å². The summed E-state index contributed by atoms with van der Waals surface area (Å²) in [6, 6.07) is 4.25. The Hall–Kier alpha value is -1.53. The first-order chi connectivity index (χ1) is 7.88. The van der Waals surface area contributed by atoms with Gasteiger partial charge in [-0.3, -0.25) is 4.79 Å². The third-order valence-corrected chi connectivity index (χ3v) is 3.87. The molecule has 2 rings (SSSR count). The molecule has 90 valence electrons. The highest BCUT2D eigenvalue weighted by Crippen LogP contribution is 2.05. The number of carbonyl (C=O) groups is 1. The number of benzene rings is 1. The number of hydrogen-bond donors (Lipinski definition) is 1. The molecule has 1 aliphatic rings. The minimum atomic E-state index is -3.52. The zero-order valence-corrected chi connectivity index (χ0v) is 10.3. The van der Waals surface area contributed by atoms with Crippen LogP contribution in [0.4, 0.5) is 0 Å². The summed E-state index contributed by atoms with van der Waals surface area (Å²) in [4.78, 5) is 14.9. The van der Waals surface area contributed by atoms with Crippen LogP contribution in [0.25, 0.3) is 6.08 Å². The highest BCUT2D eigenvalue weighted by molar-refractivity contribution is 7.89. The molecule has 1 amide bonds. The Morgan fingerprint density at radius 3 is 2.65 bits per heavy atom. The summed E-state index contributed by atoms with van der Waals surface area (Å²) < 4.78 is 26.2. The lowest BCUT2D eigenvalue weighted by Crippen LogP contribution is -2.32. The van der Waals surface area contributed by atoms with Crippen molar-refractivity contribution in [3.05, 3.63) is 28.8 Å². The van der Waals surface area contributed by atoms with Crippen molar-refractivity contribution in [1.82, 2.24) is 4.72 Å². The second kappa shape index (κ2) is 4.05. The van der Waals surface area contributed by atoms with Gasteiger partial charge in [-0.15, -0.1) is 0 Å². The topological polar surface area (TPSA) is 75.6 Å². The van der Waals surface area contributed by atoms with E-state index in [4.69, 9.17) is 0 Å². The van der Waals surface area contributed by atoms with Gasteiger partial charge in [-0.1, -0.05) is 0 Å². The van der Waals surface area contributed by atoms with Crippen molar-refractivity contribution in [3.8, 4) is 0 Å². The van der Waals surface area contributed by atoms with E-state index in [-0.39, 0.29) is 16.8 Å². The van der Waals surface area contributed by atoms with Gasteiger partial charge in [-0.25, -0.2) is 18.1 Å². The molecule has 1 heterocycles. The molecule has 1 aromatic rings. The highest BCUT2D eigenvalue weighted by atomic mass is 32.2. The lowest BCUT2D eigenvalue weighted by molar-refractivity contribution is -0.112. The molecule has 0 atom stereocenters. The third-order valence-electron chi connectivity index (χ3n) is 2.21. The minimum absolute atomic E-state index is 0.145. The fraction of sp³-hybridized carbons (Fsp3) is 0.273. The van der Waals surface area contributed by atoms with E-state index >= 15 is 0 Å². The number of sulfonamides is 1. The van der Waals surface area contributed by atoms with Gasteiger partial charge in [0.25, 0.3) is 5.91 Å². The SMILES string of the molecule is CC(C)NS(=O)(=O)c1ccc2c(c1)=CC(=O)N=2. The predicted molar refractivity (Wildman–Crippen MR) is 62.2 cm³/mol. The molecule has 1 aromatic carbocycles. The molecule has 1 N–H and O–H groups in total. The van der Waals surface area contributed by atoms with Gasteiger partial charge in [-0.2, -0.15) is 0 Å². The van der Waals surface area contributed by atoms with Crippen LogP contribution in [0.5, 0.6) is 0 Å². The number of hydrogen-bond acceptors (Lipinski definition) is 3. The maximum Gasteiger partial charge on any atom is 0.270 e. The first-order valence-electron chi connectivity index (χ1n) is 5.15. The average Bonchev–Trinajstić information content (AvgIpc) is 2.54. The van der Waals surface area contributed by atoms with E-state index in [1.54, 1.807) is 13.8 Å². The molecule has 0 saturated carbocycles. The molecule has 0 bridgehead atoms. The molecular weight excluding hydrogens is 240 g/mol. The first-order valence-corrected chi connectivity index (χ1v) is 6.63. The second-order valence-electron chi connectivity index (χ2n) is 4.09. The Labute approximate surface area is 98.9 Å². The summed E-state index contributed by atoms with van der Waals surface area (Å²) in [5.74, 6) is -0.355. The quantitative estimate of drug-likeness (QED) is 0.774. The maximum absolute atomic E-state index is 11.9. The lowest BCUT2D eigenvalue weighted by atomic mass is 10.3. The Balaban J connectivity index is 2.52. The number of fused-ring (bicyclic) bond motifs is 1. The number of nitrogens with one attached hydrogen (secondary N) is 1. The van der Waals surface area contributed by atoms with Crippen molar-refractivity contribution in [2.75, 3.05) is 0 Å². The molecule has 0 fully saturated rings. The van der Waals surface area contributed by atoms with Crippen LogP contribution in [0.3, 0.4) is 0 Å². The largest absolute Gasteiger partial charge is 0.270 e. The van der Waals surface area contributed by atoms with E-state index < -0.39 is 10.0 Å². The van der Waals surface area contributed by atoms with Gasteiger partial charge < -0.3 is 0 Å². The molecular formula is C11H12N2O3S. The Morgan fingerprint density at radius 1 is 1.29 bits per heavy atom. The van der Waals surface area contributed by atoms with Gasteiger partial charge in [0.05, 0.1) is 10.3 Å². The molecule has 0 aliphatic carbocycles. The van der Waals surface area contributed by atoms with Crippen LogP contribution < -0.4 is 15.3 Å². The molecule has 0 spiro atoms. The highest BCUT2D eigenvalue weighted by Gasteiger charge is 2.16. The van der Waals surface area contributed by atoms with Crippen LogP contribution in [-0.4, -0.2) is 20.4 Å². The second-order valence-corrected chi connectivity index (χ2v) is 5.80. The predicted octanol–water partition coefficient (Wildman–Crippen LogP) is -0.686. The molecule has 0 aromatic heterocycles. The zero-order chi connectivity index (χ0) is 12.6. The fourth-order valence-corrected chi connectivity index (χ4v) is 2.87.